The quantitative estimate of drug-likeness (QED) is 0.0884. The Bertz CT molecular complexity index is 1200. The second kappa shape index (κ2) is 19.4. The number of hydrogen-bond donors (Lipinski definition) is 1. The third-order valence-electron chi connectivity index (χ3n) is 9.62. The number of rotatable bonds is 9. The zero-order valence-corrected chi connectivity index (χ0v) is 33.9. The van der Waals surface area contributed by atoms with Crippen molar-refractivity contribution in [3.63, 3.8) is 0 Å². The Balaban J connectivity index is 1.62. The van der Waals surface area contributed by atoms with Crippen molar-refractivity contribution in [3.05, 3.63) is 0 Å². The fourth-order valence-electron chi connectivity index (χ4n) is 7.20. The lowest BCUT2D eigenvalue weighted by atomic mass is 9.96. The molecule has 3 rings (SSSR count). The Morgan fingerprint density at radius 2 is 1.33 bits per heavy atom. The van der Waals surface area contributed by atoms with Gasteiger partial charge >= 0.3 is 18.2 Å². The molecule has 0 radical (unpaired) electrons. The predicted octanol–water partition coefficient (Wildman–Crippen LogP) is 6.81. The maximum Gasteiger partial charge on any atom is 0.437 e. The second-order valence-electron chi connectivity index (χ2n) is 17.7. The fraction of sp³-hybridized carbons (Fsp3) is 0.872. The number of hydrogen-bond acceptors (Lipinski definition) is 9. The number of carbonyl (C=O) groups is 4. The van der Waals surface area contributed by atoms with Gasteiger partial charge in [-0.05, 0) is 121 Å². The molecule has 2 saturated heterocycles. The van der Waals surface area contributed by atoms with Crippen molar-refractivity contribution >= 4 is 30.0 Å². The minimum Gasteiger partial charge on any atom is -0.460 e. The number of alkyl carbamates (subject to hydrolysis) is 1. The van der Waals surface area contributed by atoms with Crippen molar-refractivity contribution in [2.24, 2.45) is 4.99 Å². The highest BCUT2D eigenvalue weighted by molar-refractivity contribution is 5.99. The van der Waals surface area contributed by atoms with Gasteiger partial charge in [0.1, 0.15) is 16.8 Å². The van der Waals surface area contributed by atoms with Gasteiger partial charge < -0.3 is 28.7 Å². The minimum atomic E-state index is -0.794. The van der Waals surface area contributed by atoms with Gasteiger partial charge in [-0.3, -0.25) is 19.8 Å². The number of aliphatic imine (C=N–C) groups is 1. The van der Waals surface area contributed by atoms with Crippen molar-refractivity contribution in [1.29, 1.82) is 0 Å². The molecule has 3 amide bonds. The summed E-state index contributed by atoms with van der Waals surface area (Å²) < 4.78 is 22.9. The van der Waals surface area contributed by atoms with Gasteiger partial charge in [0.25, 0.3) is 0 Å². The molecule has 298 valence electrons. The molecule has 3 fully saturated rings. The van der Waals surface area contributed by atoms with Crippen LogP contribution in [0.4, 0.5) is 9.59 Å². The van der Waals surface area contributed by atoms with Gasteiger partial charge in [-0.25, -0.2) is 9.59 Å². The van der Waals surface area contributed by atoms with Crippen LogP contribution >= 0.6 is 0 Å². The first-order chi connectivity index (χ1) is 24.2. The number of carbonyl (C=O) groups excluding carboxylic acids is 4. The van der Waals surface area contributed by atoms with Crippen molar-refractivity contribution in [2.75, 3.05) is 33.3 Å². The van der Waals surface area contributed by atoms with Crippen LogP contribution in [0.1, 0.15) is 146 Å². The zero-order valence-electron chi connectivity index (χ0n) is 33.9. The Hall–Kier alpha value is -2.93. The SMILES string of the molecule is CN(C1CCCCCC1)[C@@H](CC(=O)OC(C)(C)C)C(=O)N1CCCC[C@@H]1CCOC1CCN(C(=NC(=O)OC(C)(C)C)NC(=O)OC(C)(C)C)CC1. The van der Waals surface area contributed by atoms with Crippen LogP contribution in [0.5, 0.6) is 0 Å². The Labute approximate surface area is 312 Å². The molecule has 52 heavy (non-hydrogen) atoms. The number of likely N-dealkylation sites (tertiary alicyclic amines) is 2. The van der Waals surface area contributed by atoms with E-state index in [1.54, 1.807) is 41.5 Å². The third kappa shape index (κ3) is 15.6. The van der Waals surface area contributed by atoms with Gasteiger partial charge in [0.15, 0.2) is 0 Å². The molecule has 0 bridgehead atoms. The number of likely N-dealkylation sites (N-methyl/N-ethyl adjacent to an activating group) is 1. The van der Waals surface area contributed by atoms with Crippen LogP contribution in [0.25, 0.3) is 0 Å². The maximum absolute atomic E-state index is 14.4. The van der Waals surface area contributed by atoms with E-state index in [1.165, 1.54) is 12.8 Å². The summed E-state index contributed by atoms with van der Waals surface area (Å²) in [5.74, 6) is -0.229. The van der Waals surface area contributed by atoms with E-state index in [2.05, 4.69) is 15.2 Å². The van der Waals surface area contributed by atoms with Crippen LogP contribution in [-0.4, -0.2) is 119 Å². The molecule has 2 aliphatic heterocycles. The number of ether oxygens (including phenoxy) is 4. The first kappa shape index (κ1) is 43.5. The average Bonchev–Trinajstić information content (AvgIpc) is 3.31. The largest absolute Gasteiger partial charge is 0.460 e. The average molecular weight is 736 g/mol. The number of amides is 3. The molecular weight excluding hydrogens is 666 g/mol. The standard InChI is InChI=1S/C39H69N5O8/c1-37(2,3)50-32(45)27-31(42(10)28-17-13-11-12-14-18-28)33(46)44-23-16-15-19-29(44)22-26-49-30-20-24-43(25-21-30)34(40-35(47)51-38(4,5)6)41-36(48)52-39(7,8)9/h28-31H,11-27H2,1-10H3,(H,40,41,47,48)/t29-,31+/m1/s1. The molecule has 1 aliphatic carbocycles. The molecule has 0 spiro atoms. The molecule has 1 N–H and O–H groups in total. The Kier molecular flexibility index (Phi) is 16.2. The molecule has 3 aliphatic rings. The molecule has 0 unspecified atom stereocenters. The summed E-state index contributed by atoms with van der Waals surface area (Å²) in [5, 5.41) is 2.64. The summed E-state index contributed by atoms with van der Waals surface area (Å²) in [5.41, 5.74) is -2.07. The fourth-order valence-corrected chi connectivity index (χ4v) is 7.20. The van der Waals surface area contributed by atoms with Crippen LogP contribution < -0.4 is 5.32 Å². The van der Waals surface area contributed by atoms with Crippen LogP contribution in [0.15, 0.2) is 4.99 Å². The molecule has 0 aromatic carbocycles. The number of piperidine rings is 2. The number of nitrogens with zero attached hydrogens (tertiary/aromatic N) is 4. The number of guanidine groups is 1. The van der Waals surface area contributed by atoms with Gasteiger partial charge in [0, 0.05) is 38.3 Å². The smallest absolute Gasteiger partial charge is 0.437 e. The zero-order chi connectivity index (χ0) is 38.7. The Morgan fingerprint density at radius 1 is 0.750 bits per heavy atom. The van der Waals surface area contributed by atoms with Crippen LogP contribution in [0.3, 0.4) is 0 Å². The van der Waals surface area contributed by atoms with Gasteiger partial charge in [-0.2, -0.15) is 0 Å². The van der Waals surface area contributed by atoms with E-state index in [9.17, 15) is 19.2 Å². The first-order valence-corrected chi connectivity index (χ1v) is 19.6. The van der Waals surface area contributed by atoms with Crippen molar-refractivity contribution in [3.8, 4) is 0 Å². The summed E-state index contributed by atoms with van der Waals surface area (Å²) >= 11 is 0. The van der Waals surface area contributed by atoms with Crippen LogP contribution in [0.2, 0.25) is 0 Å². The molecule has 13 nitrogen and oxygen atoms in total. The lowest BCUT2D eigenvalue weighted by Gasteiger charge is -2.42. The molecule has 2 atom stereocenters. The van der Waals surface area contributed by atoms with Gasteiger partial charge in [-0.15, -0.1) is 4.99 Å². The normalized spacial score (nSPS) is 21.0. The minimum absolute atomic E-state index is 0.0184. The summed E-state index contributed by atoms with van der Waals surface area (Å²) in [6, 6.07) is -0.254. The van der Waals surface area contributed by atoms with E-state index in [1.807, 2.05) is 37.6 Å². The van der Waals surface area contributed by atoms with Gasteiger partial charge in [0.2, 0.25) is 11.9 Å². The van der Waals surface area contributed by atoms with E-state index >= 15 is 0 Å². The van der Waals surface area contributed by atoms with E-state index in [4.69, 9.17) is 18.9 Å². The lowest BCUT2D eigenvalue weighted by Crippen LogP contribution is -2.55. The van der Waals surface area contributed by atoms with E-state index < -0.39 is 35.0 Å². The maximum atomic E-state index is 14.4. The van der Waals surface area contributed by atoms with E-state index in [0.29, 0.717) is 45.5 Å². The summed E-state index contributed by atoms with van der Waals surface area (Å²) in [6.45, 7) is 18.3. The predicted molar refractivity (Wildman–Crippen MR) is 201 cm³/mol. The van der Waals surface area contributed by atoms with E-state index in [0.717, 1.165) is 44.9 Å². The highest BCUT2D eigenvalue weighted by Gasteiger charge is 2.38. The van der Waals surface area contributed by atoms with Crippen LogP contribution in [0, 0.1) is 0 Å². The summed E-state index contributed by atoms with van der Waals surface area (Å²) in [7, 11) is 2.02. The highest BCUT2D eigenvalue weighted by Crippen LogP contribution is 2.28. The molecule has 0 aromatic rings. The molecule has 2 heterocycles. The molecule has 13 heteroatoms. The number of esters is 1. The molecule has 0 aromatic heterocycles. The summed E-state index contributed by atoms with van der Waals surface area (Å²) in [4.78, 5) is 62.8. The monoisotopic (exact) mass is 736 g/mol. The third-order valence-corrected chi connectivity index (χ3v) is 9.62. The summed E-state index contributed by atoms with van der Waals surface area (Å²) in [6.07, 6.45) is 10.3. The first-order valence-electron chi connectivity index (χ1n) is 19.6. The topological polar surface area (TPSA) is 139 Å². The second-order valence-corrected chi connectivity index (χ2v) is 17.7. The van der Waals surface area contributed by atoms with Crippen LogP contribution in [-0.2, 0) is 28.5 Å². The van der Waals surface area contributed by atoms with Crippen molar-refractivity contribution in [1.82, 2.24) is 20.0 Å². The van der Waals surface area contributed by atoms with Crippen molar-refractivity contribution < 1.29 is 38.1 Å². The van der Waals surface area contributed by atoms with Crippen molar-refractivity contribution in [2.45, 2.75) is 187 Å². The molecule has 1 saturated carbocycles. The van der Waals surface area contributed by atoms with E-state index in [-0.39, 0.29) is 42.4 Å². The lowest BCUT2D eigenvalue weighted by molar-refractivity contribution is -0.160. The van der Waals surface area contributed by atoms with Gasteiger partial charge in [0.05, 0.1) is 18.6 Å². The Morgan fingerprint density at radius 3 is 1.90 bits per heavy atom. The number of nitrogens with one attached hydrogen (secondary N) is 1. The molecular formula is C39H69N5O8. The van der Waals surface area contributed by atoms with Gasteiger partial charge in [-0.1, -0.05) is 25.7 Å². The highest BCUT2D eigenvalue weighted by atomic mass is 16.6.